The molecule has 19 heavy (non-hydrogen) atoms. The van der Waals surface area contributed by atoms with Gasteiger partial charge in [0.05, 0.1) is 10.6 Å². The van der Waals surface area contributed by atoms with Crippen LogP contribution < -0.4 is 5.32 Å². The average Bonchev–Trinajstić information content (AvgIpc) is 2.76. The molecule has 1 aromatic carbocycles. The lowest BCUT2D eigenvalue weighted by molar-refractivity contribution is -0.114. The van der Waals surface area contributed by atoms with E-state index in [1.54, 1.807) is 13.0 Å². The topological polar surface area (TPSA) is 81.1 Å². The molecule has 1 aromatic heterocycles. The molecule has 100 valence electrons. The van der Waals surface area contributed by atoms with Crippen molar-refractivity contribution in [1.29, 1.82) is 0 Å². The predicted octanol–water partition coefficient (Wildman–Crippen LogP) is 1.39. The van der Waals surface area contributed by atoms with E-state index in [-0.39, 0.29) is 10.8 Å². The first-order valence-electron chi connectivity index (χ1n) is 5.55. The summed E-state index contributed by atoms with van der Waals surface area (Å²) in [5, 5.41) is 6.46. The third kappa shape index (κ3) is 2.82. The summed E-state index contributed by atoms with van der Waals surface area (Å²) in [5.41, 5.74) is 1.17. The molecule has 2 rings (SSSR count). The van der Waals surface area contributed by atoms with Gasteiger partial charge in [0.15, 0.2) is 0 Å². The normalized spacial score (nSPS) is 11.3. The third-order valence-corrected chi connectivity index (χ3v) is 3.98. The van der Waals surface area contributed by atoms with Crippen LogP contribution >= 0.6 is 0 Å². The van der Waals surface area contributed by atoms with Crippen molar-refractivity contribution in [2.24, 2.45) is 0 Å². The van der Waals surface area contributed by atoms with Crippen LogP contribution in [0.4, 0.5) is 5.69 Å². The van der Waals surface area contributed by atoms with Gasteiger partial charge in [-0.15, -0.1) is 0 Å². The quantitative estimate of drug-likeness (QED) is 0.920. The summed E-state index contributed by atoms with van der Waals surface area (Å²) in [4.78, 5) is 11.0. The Labute approximate surface area is 111 Å². The number of carbonyl (C=O) groups is 1. The lowest BCUT2D eigenvalue weighted by Crippen LogP contribution is -2.14. The number of aryl methyl sites for hydroxylation is 1. The highest BCUT2D eigenvalue weighted by atomic mass is 32.2. The molecule has 0 aliphatic heterocycles. The molecule has 1 heterocycles. The van der Waals surface area contributed by atoms with E-state index in [0.717, 1.165) is 4.09 Å². The number of hydrogen-bond acceptors (Lipinski definition) is 4. The Morgan fingerprint density at radius 3 is 2.32 bits per heavy atom. The van der Waals surface area contributed by atoms with E-state index < -0.39 is 10.0 Å². The van der Waals surface area contributed by atoms with Crippen LogP contribution in [0.3, 0.4) is 0 Å². The molecule has 0 bridgehead atoms. The van der Waals surface area contributed by atoms with E-state index in [0.29, 0.717) is 11.4 Å². The van der Waals surface area contributed by atoms with Gasteiger partial charge in [-0.2, -0.15) is 17.6 Å². The molecule has 2 aromatic rings. The molecule has 1 amide bonds. The van der Waals surface area contributed by atoms with Crippen molar-refractivity contribution in [2.75, 3.05) is 5.32 Å². The molecular formula is C12H13N3O3S. The van der Waals surface area contributed by atoms with Gasteiger partial charge in [0.25, 0.3) is 10.0 Å². The molecule has 7 heteroatoms. The molecule has 1 N–H and O–H groups in total. The van der Waals surface area contributed by atoms with Gasteiger partial charge in [0.2, 0.25) is 5.91 Å². The summed E-state index contributed by atoms with van der Waals surface area (Å²) < 4.78 is 25.3. The molecule has 0 saturated heterocycles. The van der Waals surface area contributed by atoms with Gasteiger partial charge in [-0.3, -0.25) is 4.79 Å². The van der Waals surface area contributed by atoms with Crippen LogP contribution in [0.25, 0.3) is 0 Å². The standard InChI is InChI=1S/C12H13N3O3S/c1-9-7-8-15(14-9)19(17,18)12-5-3-11(4-6-12)13-10(2)16/h3-8H,1-2H3,(H,13,16). The second-order valence-electron chi connectivity index (χ2n) is 4.04. The van der Waals surface area contributed by atoms with Gasteiger partial charge in [-0.05, 0) is 37.3 Å². The van der Waals surface area contributed by atoms with E-state index in [1.165, 1.54) is 37.4 Å². The molecule has 0 atom stereocenters. The van der Waals surface area contributed by atoms with Crippen molar-refractivity contribution in [1.82, 2.24) is 9.19 Å². The van der Waals surface area contributed by atoms with Crippen molar-refractivity contribution in [3.63, 3.8) is 0 Å². The van der Waals surface area contributed by atoms with Crippen LogP contribution in [-0.4, -0.2) is 23.5 Å². The lowest BCUT2D eigenvalue weighted by atomic mass is 10.3. The summed E-state index contributed by atoms with van der Waals surface area (Å²) in [6.07, 6.45) is 1.40. The first-order chi connectivity index (χ1) is 8.89. The Morgan fingerprint density at radius 2 is 1.84 bits per heavy atom. The molecule has 0 unspecified atom stereocenters. The number of hydrogen-bond donors (Lipinski definition) is 1. The fraction of sp³-hybridized carbons (Fsp3) is 0.167. The zero-order chi connectivity index (χ0) is 14.0. The first-order valence-corrected chi connectivity index (χ1v) is 6.99. The summed E-state index contributed by atoms with van der Waals surface area (Å²) in [6, 6.07) is 7.54. The summed E-state index contributed by atoms with van der Waals surface area (Å²) in [5.74, 6) is -0.210. The minimum absolute atomic E-state index is 0.115. The minimum Gasteiger partial charge on any atom is -0.326 e. The average molecular weight is 279 g/mol. The van der Waals surface area contributed by atoms with E-state index in [2.05, 4.69) is 10.4 Å². The fourth-order valence-corrected chi connectivity index (χ4v) is 2.70. The van der Waals surface area contributed by atoms with E-state index >= 15 is 0 Å². The molecule has 0 aliphatic carbocycles. The molecule has 6 nitrogen and oxygen atoms in total. The van der Waals surface area contributed by atoms with Gasteiger partial charge in [-0.1, -0.05) is 0 Å². The number of nitrogens with zero attached hydrogens (tertiary/aromatic N) is 2. The van der Waals surface area contributed by atoms with Crippen LogP contribution in [0, 0.1) is 6.92 Å². The number of nitrogens with one attached hydrogen (secondary N) is 1. The predicted molar refractivity (Wildman–Crippen MR) is 70.3 cm³/mol. The molecule has 0 fully saturated rings. The van der Waals surface area contributed by atoms with Crippen LogP contribution in [0.15, 0.2) is 41.4 Å². The molecule has 0 saturated carbocycles. The number of aromatic nitrogens is 2. The smallest absolute Gasteiger partial charge is 0.282 e. The van der Waals surface area contributed by atoms with Gasteiger partial charge in [0, 0.05) is 18.8 Å². The fourth-order valence-electron chi connectivity index (χ4n) is 1.55. The van der Waals surface area contributed by atoms with Gasteiger partial charge < -0.3 is 5.32 Å². The molecule has 0 aliphatic rings. The molecule has 0 radical (unpaired) electrons. The largest absolute Gasteiger partial charge is 0.326 e. The minimum atomic E-state index is -3.67. The Bertz CT molecular complexity index is 702. The van der Waals surface area contributed by atoms with Gasteiger partial charge in [0.1, 0.15) is 0 Å². The monoisotopic (exact) mass is 279 g/mol. The highest BCUT2D eigenvalue weighted by molar-refractivity contribution is 7.89. The Balaban J connectivity index is 2.34. The van der Waals surface area contributed by atoms with Crippen LogP contribution in [0.5, 0.6) is 0 Å². The summed E-state index contributed by atoms with van der Waals surface area (Å²) >= 11 is 0. The third-order valence-electron chi connectivity index (χ3n) is 2.42. The zero-order valence-electron chi connectivity index (χ0n) is 10.5. The van der Waals surface area contributed by atoms with Crippen molar-refractivity contribution in [2.45, 2.75) is 18.7 Å². The molecule has 0 spiro atoms. The Hall–Kier alpha value is -2.15. The summed E-state index contributed by atoms with van der Waals surface area (Å²) in [7, 11) is -3.67. The maximum atomic E-state index is 12.2. The van der Waals surface area contributed by atoms with Crippen molar-refractivity contribution < 1.29 is 13.2 Å². The number of benzene rings is 1. The van der Waals surface area contributed by atoms with Crippen molar-refractivity contribution in [3.8, 4) is 0 Å². The van der Waals surface area contributed by atoms with E-state index in [4.69, 9.17) is 0 Å². The maximum Gasteiger partial charge on any atom is 0.282 e. The number of rotatable bonds is 3. The highest BCUT2D eigenvalue weighted by Gasteiger charge is 2.17. The van der Waals surface area contributed by atoms with Crippen LogP contribution in [-0.2, 0) is 14.8 Å². The highest BCUT2D eigenvalue weighted by Crippen LogP contribution is 2.16. The SMILES string of the molecule is CC(=O)Nc1ccc(S(=O)(=O)n2ccc(C)n2)cc1. The number of carbonyl (C=O) groups excluding carboxylic acids is 1. The zero-order valence-corrected chi connectivity index (χ0v) is 11.3. The number of anilines is 1. The van der Waals surface area contributed by atoms with Gasteiger partial charge >= 0.3 is 0 Å². The Morgan fingerprint density at radius 1 is 1.21 bits per heavy atom. The van der Waals surface area contributed by atoms with Crippen molar-refractivity contribution in [3.05, 3.63) is 42.2 Å². The Kier molecular flexibility index (Phi) is 3.39. The van der Waals surface area contributed by atoms with Crippen molar-refractivity contribution >= 4 is 21.6 Å². The number of amides is 1. The summed E-state index contributed by atoms with van der Waals surface area (Å²) in [6.45, 7) is 3.10. The second kappa shape index (κ2) is 4.85. The van der Waals surface area contributed by atoms with E-state index in [9.17, 15) is 13.2 Å². The van der Waals surface area contributed by atoms with Gasteiger partial charge in [-0.25, -0.2) is 0 Å². The van der Waals surface area contributed by atoms with Crippen LogP contribution in [0.1, 0.15) is 12.6 Å². The first kappa shape index (κ1) is 13.3. The second-order valence-corrected chi connectivity index (χ2v) is 5.84. The maximum absolute atomic E-state index is 12.2. The lowest BCUT2D eigenvalue weighted by Gasteiger charge is -2.06. The van der Waals surface area contributed by atoms with Crippen LogP contribution in [0.2, 0.25) is 0 Å². The van der Waals surface area contributed by atoms with E-state index in [1.807, 2.05) is 0 Å². The molecular weight excluding hydrogens is 266 g/mol.